The number of carbonyl (C=O) groups is 1. The fraction of sp³-hybridized carbons (Fsp3) is 0.381. The molecule has 146 valence electrons. The second-order valence-corrected chi connectivity index (χ2v) is 8.91. The number of Topliss-reactive ketones (excluding diaryl/α,β-unsaturated/α-hetero) is 1. The quantitative estimate of drug-likeness (QED) is 0.346. The minimum atomic E-state index is 0.0420. The van der Waals surface area contributed by atoms with Gasteiger partial charge in [0, 0.05) is 21.8 Å². The van der Waals surface area contributed by atoms with Crippen molar-refractivity contribution in [1.82, 2.24) is 9.97 Å². The number of thiophene rings is 1. The second kappa shape index (κ2) is 8.09. The van der Waals surface area contributed by atoms with Crippen molar-refractivity contribution in [3.63, 3.8) is 0 Å². The van der Waals surface area contributed by atoms with Crippen molar-refractivity contribution in [2.45, 2.75) is 50.4 Å². The predicted octanol–water partition coefficient (Wildman–Crippen LogP) is 5.05. The predicted molar refractivity (Wildman–Crippen MR) is 116 cm³/mol. The van der Waals surface area contributed by atoms with Crippen molar-refractivity contribution < 1.29 is 9.53 Å². The van der Waals surface area contributed by atoms with E-state index in [1.54, 1.807) is 24.3 Å². The van der Waals surface area contributed by atoms with Crippen LogP contribution in [0.5, 0.6) is 5.75 Å². The minimum Gasteiger partial charge on any atom is -0.494 e. The summed E-state index contributed by atoms with van der Waals surface area (Å²) in [6, 6.07) is 5.56. The molecule has 0 unspecified atom stereocenters. The highest BCUT2D eigenvalue weighted by Gasteiger charge is 2.20. The van der Waals surface area contributed by atoms with Gasteiger partial charge in [0.05, 0.1) is 12.0 Å². The fourth-order valence-corrected chi connectivity index (χ4v) is 5.74. The second-order valence-electron chi connectivity index (χ2n) is 6.88. The molecule has 3 aromatic rings. The van der Waals surface area contributed by atoms with Gasteiger partial charge in [-0.3, -0.25) is 4.79 Å². The molecule has 0 saturated carbocycles. The number of nitrogens with two attached hydrogens (primary N) is 1. The zero-order chi connectivity index (χ0) is 19.7. The largest absolute Gasteiger partial charge is 0.494 e. The van der Waals surface area contributed by atoms with E-state index in [2.05, 4.69) is 4.98 Å². The Balaban J connectivity index is 1.62. The standard InChI is InChI=1S/C21H23N3O2S2/c1-3-26-16-9-8-13(12(2)25)10-14(16)11-27-21-23-19(22)18-15-6-4-5-7-17(15)28-20(18)24-21/h8-10H,3-7,11H2,1-2H3,(H2,22,23,24). The average molecular weight is 414 g/mol. The van der Waals surface area contributed by atoms with Gasteiger partial charge in [-0.15, -0.1) is 11.3 Å². The van der Waals surface area contributed by atoms with Gasteiger partial charge >= 0.3 is 0 Å². The maximum absolute atomic E-state index is 11.7. The number of ketones is 1. The lowest BCUT2D eigenvalue weighted by molar-refractivity contribution is 0.101. The SMILES string of the molecule is CCOc1ccc(C(C)=O)cc1CSc1nc(N)c2c3c(sc2n1)CCCC3. The number of rotatable bonds is 6. The summed E-state index contributed by atoms with van der Waals surface area (Å²) in [7, 11) is 0. The van der Waals surface area contributed by atoms with Crippen LogP contribution in [0.3, 0.4) is 0 Å². The van der Waals surface area contributed by atoms with Crippen molar-refractivity contribution >= 4 is 44.9 Å². The van der Waals surface area contributed by atoms with Crippen LogP contribution in [0.1, 0.15) is 53.1 Å². The Kier molecular flexibility index (Phi) is 5.55. The van der Waals surface area contributed by atoms with Gasteiger partial charge in [0.15, 0.2) is 10.9 Å². The van der Waals surface area contributed by atoms with Crippen LogP contribution in [0.25, 0.3) is 10.2 Å². The third kappa shape index (κ3) is 3.73. The van der Waals surface area contributed by atoms with E-state index in [0.29, 0.717) is 28.9 Å². The normalized spacial score (nSPS) is 13.5. The Morgan fingerprint density at radius 1 is 1.29 bits per heavy atom. The van der Waals surface area contributed by atoms with Crippen molar-refractivity contribution in [3.05, 3.63) is 39.8 Å². The van der Waals surface area contributed by atoms with Crippen molar-refractivity contribution in [1.29, 1.82) is 0 Å². The van der Waals surface area contributed by atoms with Crippen LogP contribution in [0, 0.1) is 0 Å². The number of hydrogen-bond acceptors (Lipinski definition) is 7. The number of nitrogen functional groups attached to an aromatic ring is 1. The van der Waals surface area contributed by atoms with Crippen LogP contribution in [0.15, 0.2) is 23.4 Å². The molecule has 5 nitrogen and oxygen atoms in total. The number of anilines is 1. The van der Waals surface area contributed by atoms with E-state index in [0.717, 1.165) is 34.4 Å². The summed E-state index contributed by atoms with van der Waals surface area (Å²) < 4.78 is 5.72. The van der Waals surface area contributed by atoms with Crippen LogP contribution < -0.4 is 10.5 Å². The molecular formula is C21H23N3O2S2. The lowest BCUT2D eigenvalue weighted by Crippen LogP contribution is -2.02. The lowest BCUT2D eigenvalue weighted by atomic mass is 9.97. The summed E-state index contributed by atoms with van der Waals surface area (Å²) in [5, 5.41) is 1.72. The number of aryl methyl sites for hydroxylation is 2. The van der Waals surface area contributed by atoms with E-state index < -0.39 is 0 Å². The molecule has 2 heterocycles. The smallest absolute Gasteiger partial charge is 0.191 e. The topological polar surface area (TPSA) is 78.1 Å². The lowest BCUT2D eigenvalue weighted by Gasteiger charge is -2.12. The van der Waals surface area contributed by atoms with Gasteiger partial charge in [0.2, 0.25) is 0 Å². The summed E-state index contributed by atoms with van der Waals surface area (Å²) in [5.41, 5.74) is 9.31. The fourth-order valence-electron chi connectivity index (χ4n) is 3.58. The molecule has 0 amide bonds. The van der Waals surface area contributed by atoms with Crippen LogP contribution >= 0.6 is 23.1 Å². The number of aromatic nitrogens is 2. The number of carbonyl (C=O) groups excluding carboxylic acids is 1. The molecule has 0 aliphatic heterocycles. The molecule has 1 aliphatic carbocycles. The molecule has 0 spiro atoms. The molecule has 4 rings (SSSR count). The molecule has 28 heavy (non-hydrogen) atoms. The van der Waals surface area contributed by atoms with Crippen LogP contribution in [-0.4, -0.2) is 22.4 Å². The number of ether oxygens (including phenoxy) is 1. The Morgan fingerprint density at radius 2 is 2.11 bits per heavy atom. The van der Waals surface area contributed by atoms with E-state index in [1.807, 2.05) is 19.1 Å². The van der Waals surface area contributed by atoms with Crippen LogP contribution in [-0.2, 0) is 18.6 Å². The van der Waals surface area contributed by atoms with Gasteiger partial charge in [-0.2, -0.15) is 0 Å². The molecule has 2 aromatic heterocycles. The maximum Gasteiger partial charge on any atom is 0.191 e. The highest BCUT2D eigenvalue weighted by Crippen LogP contribution is 2.39. The third-order valence-electron chi connectivity index (χ3n) is 4.95. The monoisotopic (exact) mass is 413 g/mol. The summed E-state index contributed by atoms with van der Waals surface area (Å²) in [6.45, 7) is 4.10. The van der Waals surface area contributed by atoms with Crippen molar-refractivity contribution in [3.8, 4) is 5.75 Å². The molecule has 1 aromatic carbocycles. The molecule has 0 atom stereocenters. The van der Waals surface area contributed by atoms with Crippen LogP contribution in [0.4, 0.5) is 5.82 Å². The Bertz CT molecular complexity index is 1050. The molecular weight excluding hydrogens is 390 g/mol. The summed E-state index contributed by atoms with van der Waals surface area (Å²) in [5.74, 6) is 2.03. The number of hydrogen-bond donors (Lipinski definition) is 1. The first-order valence-corrected chi connectivity index (χ1v) is 11.3. The highest BCUT2D eigenvalue weighted by molar-refractivity contribution is 7.98. The van der Waals surface area contributed by atoms with Gasteiger partial charge in [-0.1, -0.05) is 11.8 Å². The van der Waals surface area contributed by atoms with E-state index in [4.69, 9.17) is 15.5 Å². The maximum atomic E-state index is 11.7. The molecule has 0 fully saturated rings. The van der Waals surface area contributed by atoms with E-state index >= 15 is 0 Å². The van der Waals surface area contributed by atoms with E-state index in [9.17, 15) is 4.79 Å². The van der Waals surface area contributed by atoms with Gasteiger partial charge in [0.25, 0.3) is 0 Å². The number of fused-ring (bicyclic) bond motifs is 3. The minimum absolute atomic E-state index is 0.0420. The van der Waals surface area contributed by atoms with E-state index in [-0.39, 0.29) is 5.78 Å². The Labute approximate surface area is 172 Å². The van der Waals surface area contributed by atoms with Gasteiger partial charge in [0.1, 0.15) is 16.4 Å². The molecule has 7 heteroatoms. The zero-order valence-corrected chi connectivity index (χ0v) is 17.7. The summed E-state index contributed by atoms with van der Waals surface area (Å²) >= 11 is 3.28. The number of thioether (sulfide) groups is 1. The van der Waals surface area contributed by atoms with Crippen LogP contribution in [0.2, 0.25) is 0 Å². The third-order valence-corrected chi connectivity index (χ3v) is 7.03. The van der Waals surface area contributed by atoms with Gasteiger partial charge in [-0.05, 0) is 63.3 Å². The number of benzene rings is 1. The summed E-state index contributed by atoms with van der Waals surface area (Å²) in [4.78, 5) is 23.5. The number of nitrogens with zero attached hydrogens (tertiary/aromatic N) is 2. The first-order valence-electron chi connectivity index (χ1n) is 9.54. The van der Waals surface area contributed by atoms with E-state index in [1.165, 1.54) is 35.0 Å². The first kappa shape index (κ1) is 19.2. The summed E-state index contributed by atoms with van der Waals surface area (Å²) in [6.07, 6.45) is 4.64. The molecule has 0 bridgehead atoms. The van der Waals surface area contributed by atoms with Gasteiger partial charge in [-0.25, -0.2) is 9.97 Å². The molecule has 0 saturated heterocycles. The molecule has 0 radical (unpaired) electrons. The molecule has 2 N–H and O–H groups in total. The van der Waals surface area contributed by atoms with Crippen molar-refractivity contribution in [2.75, 3.05) is 12.3 Å². The average Bonchev–Trinajstić information content (AvgIpc) is 3.06. The zero-order valence-electron chi connectivity index (χ0n) is 16.1. The molecule has 1 aliphatic rings. The van der Waals surface area contributed by atoms with Crippen molar-refractivity contribution in [2.24, 2.45) is 0 Å². The Morgan fingerprint density at radius 3 is 2.89 bits per heavy atom. The Hall–Kier alpha value is -2.12. The first-order chi connectivity index (χ1) is 13.6. The highest BCUT2D eigenvalue weighted by atomic mass is 32.2. The van der Waals surface area contributed by atoms with Gasteiger partial charge < -0.3 is 10.5 Å².